The van der Waals surface area contributed by atoms with Gasteiger partial charge in [-0.2, -0.15) is 13.2 Å². The third-order valence-corrected chi connectivity index (χ3v) is 8.02. The summed E-state index contributed by atoms with van der Waals surface area (Å²) in [6, 6.07) is 12.8. The third-order valence-electron chi connectivity index (χ3n) is 8.02. The Bertz CT molecular complexity index is 1280. The maximum atomic E-state index is 15.5. The van der Waals surface area contributed by atoms with Crippen LogP contribution >= 0.6 is 0 Å². The molecule has 3 atom stereocenters. The molecule has 0 unspecified atom stereocenters. The van der Waals surface area contributed by atoms with Crippen molar-refractivity contribution in [1.29, 1.82) is 0 Å². The van der Waals surface area contributed by atoms with Gasteiger partial charge in [0.2, 0.25) is 0 Å². The average Bonchev–Trinajstić information content (AvgIpc) is 2.93. The Morgan fingerprint density at radius 3 is 2.70 bits per heavy atom. The number of alkyl halides is 4. The molecule has 40 heavy (non-hydrogen) atoms. The summed E-state index contributed by atoms with van der Waals surface area (Å²) in [5, 5.41) is 10.2. The number of ether oxygens (including phenoxy) is 1. The van der Waals surface area contributed by atoms with Gasteiger partial charge in [0.25, 0.3) is 0 Å². The molecule has 3 aromatic rings. The smallest absolute Gasteiger partial charge is 0.416 e. The number of nitrogens with zero attached hydrogens (tertiary/aromatic N) is 2. The van der Waals surface area contributed by atoms with Gasteiger partial charge < -0.3 is 14.7 Å². The summed E-state index contributed by atoms with van der Waals surface area (Å²) in [5.74, 6) is -0.248. The van der Waals surface area contributed by atoms with Crippen molar-refractivity contribution in [3.8, 4) is 5.75 Å². The van der Waals surface area contributed by atoms with Crippen molar-refractivity contribution in [1.82, 2.24) is 9.88 Å². The fourth-order valence-electron chi connectivity index (χ4n) is 5.92. The second kappa shape index (κ2) is 13.4. The van der Waals surface area contributed by atoms with Crippen LogP contribution in [-0.2, 0) is 17.4 Å². The Morgan fingerprint density at radius 1 is 1.15 bits per heavy atom. The van der Waals surface area contributed by atoms with Gasteiger partial charge in [0.15, 0.2) is 0 Å². The van der Waals surface area contributed by atoms with Crippen LogP contribution < -0.4 is 4.74 Å². The number of aryl methyl sites for hydroxylation is 1. The molecule has 216 valence electrons. The zero-order valence-corrected chi connectivity index (χ0v) is 22.7. The Labute approximate surface area is 232 Å². The maximum absolute atomic E-state index is 15.5. The molecule has 1 fully saturated rings. The third kappa shape index (κ3) is 7.71. The molecule has 0 radical (unpaired) electrons. The predicted molar refractivity (Wildman–Crippen MR) is 146 cm³/mol. The topological polar surface area (TPSA) is 62.7 Å². The van der Waals surface area contributed by atoms with E-state index in [-0.39, 0.29) is 24.7 Å². The molecule has 1 aliphatic heterocycles. The highest BCUT2D eigenvalue weighted by Gasteiger charge is 2.33. The summed E-state index contributed by atoms with van der Waals surface area (Å²) in [7, 11) is 1.56. The van der Waals surface area contributed by atoms with Crippen LogP contribution in [0.3, 0.4) is 0 Å². The van der Waals surface area contributed by atoms with Crippen LogP contribution in [0.4, 0.5) is 17.6 Å². The van der Waals surface area contributed by atoms with Gasteiger partial charge in [-0.05, 0) is 105 Å². The molecule has 1 aromatic heterocycles. The van der Waals surface area contributed by atoms with E-state index >= 15 is 4.39 Å². The number of hydrogen-bond acceptors (Lipinski definition) is 4. The minimum absolute atomic E-state index is 0.0203. The van der Waals surface area contributed by atoms with E-state index in [0.29, 0.717) is 60.1 Å². The number of rotatable bonds is 12. The normalized spacial score (nSPS) is 19.0. The van der Waals surface area contributed by atoms with Crippen LogP contribution in [0.25, 0.3) is 10.9 Å². The van der Waals surface area contributed by atoms with Crippen molar-refractivity contribution < 1.29 is 32.2 Å². The minimum atomic E-state index is -4.36. The highest BCUT2D eigenvalue weighted by Crippen LogP contribution is 2.37. The molecule has 0 bridgehead atoms. The first-order chi connectivity index (χ1) is 19.2. The highest BCUT2D eigenvalue weighted by molar-refractivity contribution is 5.83. The number of likely N-dealkylation sites (tertiary alicyclic amines) is 1. The number of carbonyl (C=O) groups is 1. The first kappa shape index (κ1) is 29.8. The number of fused-ring (bicyclic) bond motifs is 1. The van der Waals surface area contributed by atoms with Crippen molar-refractivity contribution in [3.63, 3.8) is 0 Å². The standard InChI is InChI=1S/C31H36F4N2O3/c1-40-24-10-12-29-26(19-24)25(13-15-36-29)28(32)11-9-21-14-17-37(20-23(21)18-30(38)39)16-5-4-7-22-6-2-3-8-27(22)31(33,34)35/h2-3,6,8,10,12-13,15,19,21,23,28H,4-5,7,9,11,14,16-18,20H2,1H3,(H,38,39)/t21-,23+,28-/m1/s1. The van der Waals surface area contributed by atoms with Crippen LogP contribution in [0, 0.1) is 11.8 Å². The number of hydrogen-bond donors (Lipinski definition) is 1. The van der Waals surface area contributed by atoms with E-state index in [2.05, 4.69) is 9.88 Å². The predicted octanol–water partition coefficient (Wildman–Crippen LogP) is 7.49. The molecule has 2 aromatic carbocycles. The Morgan fingerprint density at radius 2 is 1.95 bits per heavy atom. The van der Waals surface area contributed by atoms with Crippen molar-refractivity contribution in [2.24, 2.45) is 11.8 Å². The molecular formula is C31H36F4N2O3. The van der Waals surface area contributed by atoms with Crippen LogP contribution in [0.1, 0.15) is 61.4 Å². The van der Waals surface area contributed by atoms with E-state index in [1.807, 2.05) is 0 Å². The van der Waals surface area contributed by atoms with Crippen LogP contribution in [0.5, 0.6) is 5.75 Å². The zero-order chi connectivity index (χ0) is 28.7. The minimum Gasteiger partial charge on any atom is -0.497 e. The summed E-state index contributed by atoms with van der Waals surface area (Å²) in [5.41, 5.74) is 0.976. The molecule has 4 rings (SSSR count). The zero-order valence-electron chi connectivity index (χ0n) is 22.7. The lowest BCUT2D eigenvalue weighted by Gasteiger charge is -2.38. The highest BCUT2D eigenvalue weighted by atomic mass is 19.4. The van der Waals surface area contributed by atoms with Gasteiger partial charge in [-0.15, -0.1) is 0 Å². The molecule has 9 heteroatoms. The second-order valence-electron chi connectivity index (χ2n) is 10.6. The molecule has 1 N–H and O–H groups in total. The van der Waals surface area contributed by atoms with E-state index < -0.39 is 23.9 Å². The van der Waals surface area contributed by atoms with E-state index in [1.54, 1.807) is 43.6 Å². The van der Waals surface area contributed by atoms with E-state index in [4.69, 9.17) is 4.74 Å². The average molecular weight is 561 g/mol. The number of pyridine rings is 1. The fraction of sp³-hybridized carbons (Fsp3) is 0.484. The van der Waals surface area contributed by atoms with Crippen molar-refractivity contribution >= 4 is 16.9 Å². The van der Waals surface area contributed by atoms with Crippen LogP contribution in [-0.4, -0.2) is 47.7 Å². The summed E-state index contributed by atoms with van der Waals surface area (Å²) in [4.78, 5) is 18.1. The largest absolute Gasteiger partial charge is 0.497 e. The van der Waals surface area contributed by atoms with Crippen molar-refractivity contribution in [2.45, 2.75) is 57.3 Å². The number of aromatic nitrogens is 1. The fourth-order valence-corrected chi connectivity index (χ4v) is 5.92. The van der Waals surface area contributed by atoms with E-state index in [1.165, 1.54) is 12.1 Å². The lowest BCUT2D eigenvalue weighted by Crippen LogP contribution is -2.41. The van der Waals surface area contributed by atoms with Gasteiger partial charge in [-0.25, -0.2) is 4.39 Å². The first-order valence-corrected chi connectivity index (χ1v) is 13.8. The SMILES string of the molecule is COc1ccc2nccc([C@H](F)CC[C@@H]3CCN(CCCCc4ccccc4C(F)(F)F)C[C@@H]3CC(=O)O)c2c1. The number of benzene rings is 2. The van der Waals surface area contributed by atoms with Gasteiger partial charge in [0.1, 0.15) is 11.9 Å². The lowest BCUT2D eigenvalue weighted by molar-refractivity contribution is -0.139. The molecule has 1 aliphatic rings. The summed E-state index contributed by atoms with van der Waals surface area (Å²) in [6.45, 7) is 2.07. The van der Waals surface area contributed by atoms with Gasteiger partial charge >= 0.3 is 12.1 Å². The van der Waals surface area contributed by atoms with Crippen molar-refractivity contribution in [2.75, 3.05) is 26.7 Å². The molecule has 0 aliphatic carbocycles. The summed E-state index contributed by atoms with van der Waals surface area (Å²) >= 11 is 0. The van der Waals surface area contributed by atoms with Gasteiger partial charge in [0, 0.05) is 24.5 Å². The van der Waals surface area contributed by atoms with Crippen LogP contribution in [0.15, 0.2) is 54.7 Å². The van der Waals surface area contributed by atoms with E-state index in [0.717, 1.165) is 25.5 Å². The molecule has 0 amide bonds. The Kier molecular flexibility index (Phi) is 10.0. The molecule has 0 saturated carbocycles. The monoisotopic (exact) mass is 560 g/mol. The molecule has 2 heterocycles. The van der Waals surface area contributed by atoms with Crippen molar-refractivity contribution in [3.05, 3.63) is 71.4 Å². The van der Waals surface area contributed by atoms with Gasteiger partial charge in [0.05, 0.1) is 18.2 Å². The summed E-state index contributed by atoms with van der Waals surface area (Å²) in [6.07, 6.45) is -0.627. The number of halogens is 4. The number of carboxylic acid groups (broad SMARTS) is 1. The molecule has 5 nitrogen and oxygen atoms in total. The van der Waals surface area contributed by atoms with E-state index in [9.17, 15) is 23.1 Å². The molecular weight excluding hydrogens is 524 g/mol. The number of aliphatic carboxylic acids is 1. The number of methoxy groups -OCH3 is 1. The molecule has 0 spiro atoms. The number of carboxylic acids is 1. The van der Waals surface area contributed by atoms with Gasteiger partial charge in [-0.1, -0.05) is 18.2 Å². The quantitative estimate of drug-likeness (QED) is 0.184. The number of unbranched alkanes of at least 4 members (excludes halogenated alkanes) is 1. The van der Waals surface area contributed by atoms with Gasteiger partial charge in [-0.3, -0.25) is 9.78 Å². The Balaban J connectivity index is 1.31. The second-order valence-corrected chi connectivity index (χ2v) is 10.6. The first-order valence-electron chi connectivity index (χ1n) is 13.8. The summed E-state index contributed by atoms with van der Waals surface area (Å²) < 4.78 is 60.6. The Hall–Kier alpha value is -3.20. The maximum Gasteiger partial charge on any atom is 0.416 e. The molecule has 1 saturated heterocycles. The van der Waals surface area contributed by atoms with Crippen LogP contribution in [0.2, 0.25) is 0 Å². The number of piperidine rings is 1. The lowest BCUT2D eigenvalue weighted by atomic mass is 9.79.